The number of carbonyl (C=O) groups is 2. The Bertz CT molecular complexity index is 1170. The molecule has 0 aliphatic heterocycles. The van der Waals surface area contributed by atoms with E-state index in [9.17, 15) is 22.4 Å². The van der Waals surface area contributed by atoms with Gasteiger partial charge in [0.1, 0.15) is 6.10 Å². The number of nitrogens with one attached hydrogen (secondary N) is 1. The highest BCUT2D eigenvalue weighted by atomic mass is 79.9. The van der Waals surface area contributed by atoms with E-state index < -0.39 is 30.3 Å². The number of carboxylic acid groups (broad SMARTS) is 1. The molecule has 0 spiro atoms. The zero-order valence-electron chi connectivity index (χ0n) is 17.3. The number of pyridine rings is 2. The molecule has 4 N–H and O–H groups in total. The van der Waals surface area contributed by atoms with E-state index >= 15 is 0 Å². The summed E-state index contributed by atoms with van der Waals surface area (Å²) < 4.78 is 52.8. The van der Waals surface area contributed by atoms with Gasteiger partial charge in [0.2, 0.25) is 5.95 Å². The van der Waals surface area contributed by atoms with Crippen LogP contribution >= 0.6 is 15.9 Å². The van der Waals surface area contributed by atoms with Gasteiger partial charge in [0.15, 0.2) is 11.5 Å². The Kier molecular flexibility index (Phi) is 8.45. The third-order valence-corrected chi connectivity index (χ3v) is 4.31. The third-order valence-electron chi connectivity index (χ3n) is 3.87. The first kappa shape index (κ1) is 26.4. The number of anilines is 2. The molecule has 0 saturated heterocycles. The first-order valence-electron chi connectivity index (χ1n) is 8.99. The van der Waals surface area contributed by atoms with Crippen molar-refractivity contribution in [1.29, 1.82) is 0 Å². The molecule has 3 aromatic rings. The minimum atomic E-state index is -5.08. The summed E-state index contributed by atoms with van der Waals surface area (Å²) in [5.41, 5.74) is 7.09. The average Bonchev–Trinajstić information content (AvgIpc) is 3.10. The molecule has 1 unspecified atom stereocenters. The maximum atomic E-state index is 13.8. The fourth-order valence-corrected chi connectivity index (χ4v) is 2.64. The molecule has 11 nitrogen and oxygen atoms in total. The van der Waals surface area contributed by atoms with Crippen LogP contribution in [0.1, 0.15) is 18.6 Å². The highest BCUT2D eigenvalue weighted by Crippen LogP contribution is 2.26. The Balaban J connectivity index is 0.000000509. The number of ether oxygens (including phenoxy) is 1. The second-order valence-corrected chi connectivity index (χ2v) is 7.31. The van der Waals surface area contributed by atoms with Crippen molar-refractivity contribution in [3.8, 4) is 11.4 Å². The molecular weight excluding hydrogens is 534 g/mol. The van der Waals surface area contributed by atoms with Gasteiger partial charge in [-0.3, -0.25) is 10.3 Å². The highest BCUT2D eigenvalue weighted by molar-refractivity contribution is 9.10. The molecule has 3 aromatic heterocycles. The average molecular weight is 550 g/mol. The lowest BCUT2D eigenvalue weighted by Gasteiger charge is -2.15. The molecule has 34 heavy (non-hydrogen) atoms. The zero-order valence-corrected chi connectivity index (χ0v) is 18.9. The lowest BCUT2D eigenvalue weighted by atomic mass is 10.2. The quantitative estimate of drug-likeness (QED) is 0.325. The number of alkyl halides is 3. The van der Waals surface area contributed by atoms with Gasteiger partial charge in [-0.1, -0.05) is 5.21 Å². The molecule has 1 amide bonds. The number of halogens is 5. The van der Waals surface area contributed by atoms with Crippen molar-refractivity contribution in [3.63, 3.8) is 0 Å². The monoisotopic (exact) mass is 549 g/mol. The number of hydrogen-bond acceptors (Lipinski definition) is 8. The van der Waals surface area contributed by atoms with Crippen LogP contribution in [-0.4, -0.2) is 48.3 Å². The van der Waals surface area contributed by atoms with E-state index in [-0.39, 0.29) is 11.4 Å². The Morgan fingerprint density at radius 3 is 2.47 bits per heavy atom. The van der Waals surface area contributed by atoms with Crippen molar-refractivity contribution < 1.29 is 37.0 Å². The second-order valence-electron chi connectivity index (χ2n) is 6.40. The summed E-state index contributed by atoms with van der Waals surface area (Å²) in [6, 6.07) is 4.81. The Labute approximate surface area is 197 Å². The Hall–Kier alpha value is -3.82. The van der Waals surface area contributed by atoms with Crippen LogP contribution < -0.4 is 11.1 Å². The van der Waals surface area contributed by atoms with Crippen LogP contribution in [0.2, 0.25) is 0 Å². The molecule has 0 aromatic carbocycles. The fraction of sp³-hybridized carbons (Fsp3) is 0.222. The molecule has 1 atom stereocenters. The predicted molar refractivity (Wildman–Crippen MR) is 113 cm³/mol. The number of nitrogen functional groups attached to an aromatic ring is 1. The molecule has 0 radical (unpaired) electrons. The highest BCUT2D eigenvalue weighted by Gasteiger charge is 2.38. The number of aryl methyl sites for hydroxylation is 1. The number of hydrogen-bond donors (Lipinski definition) is 3. The molecule has 182 valence electrons. The van der Waals surface area contributed by atoms with Crippen LogP contribution in [0.5, 0.6) is 0 Å². The van der Waals surface area contributed by atoms with E-state index in [0.29, 0.717) is 21.5 Å². The van der Waals surface area contributed by atoms with E-state index in [1.807, 2.05) is 0 Å². The Morgan fingerprint density at radius 2 is 1.91 bits per heavy atom. The van der Waals surface area contributed by atoms with Crippen LogP contribution in [0.15, 0.2) is 35.1 Å². The summed E-state index contributed by atoms with van der Waals surface area (Å²) in [7, 11) is 1.60. The summed E-state index contributed by atoms with van der Waals surface area (Å²) >= 11 is 3.21. The summed E-state index contributed by atoms with van der Waals surface area (Å²) in [6.07, 6.45) is -3.96. The van der Waals surface area contributed by atoms with E-state index in [2.05, 4.69) is 41.5 Å². The molecule has 0 bridgehead atoms. The molecule has 3 rings (SSSR count). The van der Waals surface area contributed by atoms with Crippen molar-refractivity contribution >= 4 is 39.5 Å². The van der Waals surface area contributed by atoms with Gasteiger partial charge < -0.3 is 15.6 Å². The van der Waals surface area contributed by atoms with Crippen LogP contribution in [0.4, 0.5) is 33.9 Å². The van der Waals surface area contributed by atoms with Gasteiger partial charge >= 0.3 is 18.2 Å². The van der Waals surface area contributed by atoms with Crippen molar-refractivity contribution in [2.75, 3.05) is 11.1 Å². The standard InChI is InChI=1S/C16H15BrFN7O2.C2HF3O2/c1-8(11-5-9(17)6-21-14(11)18)27-16(26)22-15-13(23-24-25(15)2)12-4-3-10(19)7-20-12;3-2(4,5)1(6)7/h3-8H,19H2,1-2H3,(H,22,26);(H,6,7). The van der Waals surface area contributed by atoms with Crippen LogP contribution in [0.3, 0.4) is 0 Å². The Morgan fingerprint density at radius 1 is 1.26 bits per heavy atom. The SMILES string of the molecule is CC(OC(=O)Nc1c(-c2ccc(N)cn2)nnn1C)c1cc(Br)cnc1F.O=C(O)C(F)(F)F. The van der Waals surface area contributed by atoms with Gasteiger partial charge in [0.05, 0.1) is 17.6 Å². The van der Waals surface area contributed by atoms with Gasteiger partial charge in [-0.2, -0.15) is 17.6 Å². The van der Waals surface area contributed by atoms with E-state index in [4.69, 9.17) is 20.4 Å². The molecule has 3 heterocycles. The number of nitrogens with two attached hydrogens (primary N) is 1. The summed E-state index contributed by atoms with van der Waals surface area (Å²) in [5.74, 6) is -3.20. The minimum absolute atomic E-state index is 0.142. The first-order chi connectivity index (χ1) is 15.8. The van der Waals surface area contributed by atoms with Crippen LogP contribution in [0, 0.1) is 5.95 Å². The van der Waals surface area contributed by atoms with Gasteiger partial charge in [0, 0.05) is 23.3 Å². The van der Waals surface area contributed by atoms with E-state index in [1.165, 1.54) is 30.1 Å². The first-order valence-corrected chi connectivity index (χ1v) is 9.79. The summed E-state index contributed by atoms with van der Waals surface area (Å²) in [4.78, 5) is 28.9. The molecule has 0 aliphatic carbocycles. The number of aromatic nitrogens is 5. The normalized spacial score (nSPS) is 11.7. The number of nitrogens with zero attached hydrogens (tertiary/aromatic N) is 5. The number of carbonyl (C=O) groups excluding carboxylic acids is 1. The van der Waals surface area contributed by atoms with Gasteiger partial charge in [-0.15, -0.1) is 5.10 Å². The van der Waals surface area contributed by atoms with Gasteiger partial charge in [-0.05, 0) is 41.1 Å². The molecule has 0 fully saturated rings. The van der Waals surface area contributed by atoms with Gasteiger partial charge in [-0.25, -0.2) is 19.3 Å². The molecule has 0 aliphatic rings. The van der Waals surface area contributed by atoms with Crippen molar-refractivity contribution in [2.24, 2.45) is 7.05 Å². The zero-order chi connectivity index (χ0) is 25.6. The molecule has 16 heteroatoms. The van der Waals surface area contributed by atoms with Crippen molar-refractivity contribution in [2.45, 2.75) is 19.2 Å². The third kappa shape index (κ3) is 7.09. The number of aliphatic carboxylic acids is 1. The van der Waals surface area contributed by atoms with E-state index in [0.717, 1.165) is 0 Å². The maximum absolute atomic E-state index is 13.8. The lowest BCUT2D eigenvalue weighted by molar-refractivity contribution is -0.192. The molecule has 0 saturated carbocycles. The smallest absolute Gasteiger partial charge is 0.475 e. The maximum Gasteiger partial charge on any atom is 0.490 e. The number of amides is 1. The lowest BCUT2D eigenvalue weighted by Crippen LogP contribution is -2.21. The van der Waals surface area contributed by atoms with E-state index in [1.54, 1.807) is 19.2 Å². The second kappa shape index (κ2) is 10.9. The largest absolute Gasteiger partial charge is 0.490 e. The summed E-state index contributed by atoms with van der Waals surface area (Å²) in [6.45, 7) is 1.54. The van der Waals surface area contributed by atoms with Crippen LogP contribution in [-0.2, 0) is 16.6 Å². The van der Waals surface area contributed by atoms with Gasteiger partial charge in [0.25, 0.3) is 0 Å². The summed E-state index contributed by atoms with van der Waals surface area (Å²) in [5, 5.41) is 17.6. The molecular formula is C18H16BrF4N7O4. The number of carboxylic acids is 1. The minimum Gasteiger partial charge on any atom is -0.475 e. The topological polar surface area (TPSA) is 158 Å². The van der Waals surface area contributed by atoms with Crippen molar-refractivity contribution in [3.05, 3.63) is 46.6 Å². The van der Waals surface area contributed by atoms with Crippen molar-refractivity contribution in [1.82, 2.24) is 25.0 Å². The van der Waals surface area contributed by atoms with Crippen LogP contribution in [0.25, 0.3) is 11.4 Å². The number of rotatable bonds is 4. The fourth-order valence-electron chi connectivity index (χ4n) is 2.29. The predicted octanol–water partition coefficient (Wildman–Crippen LogP) is 3.70.